The number of benzene rings is 1. The lowest BCUT2D eigenvalue weighted by molar-refractivity contribution is -0.581. The van der Waals surface area contributed by atoms with E-state index in [-0.39, 0.29) is 21.2 Å². The summed E-state index contributed by atoms with van der Waals surface area (Å²) >= 11 is 0.0544. The van der Waals surface area contributed by atoms with Crippen molar-refractivity contribution >= 4 is 7.25 Å². The molecule has 142 valence electrons. The molecule has 0 fully saturated rings. The normalized spacial score (nSPS) is 18.3. The van der Waals surface area contributed by atoms with Gasteiger partial charge in [0.2, 0.25) is 0 Å². The molecule has 6 heteroatoms. The van der Waals surface area contributed by atoms with Crippen LogP contribution in [-0.4, -0.2) is 7.25 Å². The van der Waals surface area contributed by atoms with E-state index in [1.54, 1.807) is 7.15 Å². The Labute approximate surface area is 159 Å². The Kier molecular flexibility index (Phi) is 8.03. The van der Waals surface area contributed by atoms with Gasteiger partial charge in [0.05, 0.1) is 0 Å². The first-order valence-electron chi connectivity index (χ1n) is 8.56. The molecule has 1 aromatic carbocycles. The molecule has 0 spiro atoms. The lowest BCUT2D eigenvalue weighted by Gasteiger charge is -2.31. The van der Waals surface area contributed by atoms with Gasteiger partial charge in [0.25, 0.3) is 0 Å². The Morgan fingerprint density at radius 2 is 1.48 bits per heavy atom. The van der Waals surface area contributed by atoms with Crippen LogP contribution >= 0.6 is 0 Å². The van der Waals surface area contributed by atoms with Crippen LogP contribution in [0.1, 0.15) is 56.7 Å². The summed E-state index contributed by atoms with van der Waals surface area (Å²) < 4.78 is 42.4. The summed E-state index contributed by atoms with van der Waals surface area (Å²) in [6.07, 6.45) is 6.59. The third kappa shape index (κ3) is 8.60. The summed E-state index contributed by atoms with van der Waals surface area (Å²) in [7, 11) is -6.00. The van der Waals surface area contributed by atoms with Crippen LogP contribution in [0.4, 0.5) is 17.3 Å². The lowest BCUT2D eigenvalue weighted by atomic mass is 9.74. The molecule has 25 heavy (non-hydrogen) atoms. The minimum atomic E-state index is -6.00. The monoisotopic (exact) mass is 470 g/mol. The molecule has 0 aliphatic heterocycles. The van der Waals surface area contributed by atoms with E-state index in [4.69, 9.17) is 0 Å². The highest BCUT2D eigenvalue weighted by Crippen LogP contribution is 2.35. The van der Waals surface area contributed by atoms with Gasteiger partial charge in [0, 0.05) is 17.5 Å². The van der Waals surface area contributed by atoms with Crippen LogP contribution in [-0.2, 0) is 0 Å². The van der Waals surface area contributed by atoms with Gasteiger partial charge >= 0.3 is 28.5 Å². The molecule has 0 saturated heterocycles. The first-order valence-corrected chi connectivity index (χ1v) is 10.7. The van der Waals surface area contributed by atoms with Crippen LogP contribution in [0.15, 0.2) is 21.8 Å². The van der Waals surface area contributed by atoms with Crippen molar-refractivity contribution in [3.8, 4) is 0 Å². The zero-order valence-corrected chi connectivity index (χ0v) is 18.1. The van der Waals surface area contributed by atoms with Gasteiger partial charge in [-0.15, -0.1) is 0 Å². The van der Waals surface area contributed by atoms with Crippen LogP contribution in [0.2, 0.25) is 0 Å². The van der Waals surface area contributed by atoms with Crippen molar-refractivity contribution < 1.29 is 38.5 Å². The van der Waals surface area contributed by atoms with Gasteiger partial charge in [-0.05, 0) is 51.0 Å². The van der Waals surface area contributed by atoms with Gasteiger partial charge in [0.15, 0.2) is 7.15 Å². The molecule has 0 nitrogen and oxygen atoms in total. The van der Waals surface area contributed by atoms with E-state index in [1.165, 1.54) is 36.0 Å². The molecular weight excluding hydrogens is 442 g/mol. The van der Waals surface area contributed by atoms with Crippen molar-refractivity contribution in [3.05, 3.63) is 42.0 Å². The zero-order valence-electron chi connectivity index (χ0n) is 15.9. The minimum absolute atomic E-state index is 0.0544. The van der Waals surface area contributed by atoms with E-state index in [9.17, 15) is 17.3 Å². The highest BCUT2D eigenvalue weighted by atomic mass is 127. The molecule has 0 heterocycles. The standard InChI is InChI=1S/C19H28I.BF4/c1-13-11-14(2)18(15(3)12-13)20-17-9-7-16(8-10-17)19(4,5)6;2-1(3,4)5/h9,11-12,16H,7-8,10H2,1-6H3;/q+1;-1. The Bertz CT molecular complexity index is 586. The highest BCUT2D eigenvalue weighted by Gasteiger charge is 2.31. The summed E-state index contributed by atoms with van der Waals surface area (Å²) in [5, 5.41) is 0. The van der Waals surface area contributed by atoms with Crippen LogP contribution in [0, 0.1) is 35.7 Å². The van der Waals surface area contributed by atoms with Crippen LogP contribution < -0.4 is 21.2 Å². The second kappa shape index (κ2) is 8.91. The van der Waals surface area contributed by atoms with E-state index < -0.39 is 7.25 Å². The molecule has 0 aromatic heterocycles. The van der Waals surface area contributed by atoms with E-state index >= 15 is 0 Å². The van der Waals surface area contributed by atoms with Crippen LogP contribution in [0.3, 0.4) is 0 Å². The third-order valence-corrected chi connectivity index (χ3v) is 8.29. The number of aryl methyl sites for hydroxylation is 3. The van der Waals surface area contributed by atoms with Crippen molar-refractivity contribution in [2.45, 2.75) is 60.8 Å². The number of hydrogen-bond donors (Lipinski definition) is 0. The maximum atomic E-state index is 9.75. The van der Waals surface area contributed by atoms with Gasteiger partial charge < -0.3 is 17.3 Å². The molecule has 0 bridgehead atoms. The predicted molar refractivity (Wildman–Crippen MR) is 94.4 cm³/mol. The molecule has 1 unspecified atom stereocenters. The Morgan fingerprint density at radius 1 is 1.00 bits per heavy atom. The Morgan fingerprint density at radius 3 is 1.84 bits per heavy atom. The summed E-state index contributed by atoms with van der Waals surface area (Å²) in [5.74, 6) is 0.871. The van der Waals surface area contributed by atoms with Crippen LogP contribution in [0.25, 0.3) is 0 Å². The second-order valence-corrected chi connectivity index (χ2v) is 10.8. The van der Waals surface area contributed by atoms with E-state index in [0.717, 1.165) is 5.92 Å². The topological polar surface area (TPSA) is 0 Å². The number of rotatable bonds is 2. The number of allylic oxidation sites excluding steroid dienone is 2. The van der Waals surface area contributed by atoms with Crippen molar-refractivity contribution in [1.29, 1.82) is 0 Å². The van der Waals surface area contributed by atoms with Crippen molar-refractivity contribution in [2.75, 3.05) is 0 Å². The van der Waals surface area contributed by atoms with Gasteiger partial charge in [-0.25, -0.2) is 0 Å². The average molecular weight is 470 g/mol. The first-order chi connectivity index (χ1) is 11.3. The average Bonchev–Trinajstić information content (AvgIpc) is 2.40. The van der Waals surface area contributed by atoms with Gasteiger partial charge in [-0.1, -0.05) is 38.5 Å². The largest absolute Gasteiger partial charge is 0.673 e. The maximum absolute atomic E-state index is 9.75. The third-order valence-electron chi connectivity index (χ3n) is 4.38. The lowest BCUT2D eigenvalue weighted by Crippen LogP contribution is -3.61. The molecule has 1 atom stereocenters. The molecule has 1 aromatic rings. The fourth-order valence-electron chi connectivity index (χ4n) is 3.11. The Hall–Kier alpha value is -0.525. The Balaban J connectivity index is 0.000000550. The molecule has 0 radical (unpaired) electrons. The van der Waals surface area contributed by atoms with E-state index in [2.05, 4.69) is 59.8 Å². The van der Waals surface area contributed by atoms with E-state index in [1.807, 2.05) is 0 Å². The van der Waals surface area contributed by atoms with Gasteiger partial charge in [-0.3, -0.25) is 0 Å². The number of hydrogen-bond acceptors (Lipinski definition) is 0. The van der Waals surface area contributed by atoms with Gasteiger partial charge in [-0.2, -0.15) is 0 Å². The minimum Gasteiger partial charge on any atom is -0.418 e. The van der Waals surface area contributed by atoms with Crippen LogP contribution in [0.5, 0.6) is 0 Å². The smallest absolute Gasteiger partial charge is 0.418 e. The molecule has 1 aliphatic carbocycles. The summed E-state index contributed by atoms with van der Waals surface area (Å²) in [6, 6.07) is 4.70. The number of halogens is 5. The molecule has 0 amide bonds. The summed E-state index contributed by atoms with van der Waals surface area (Å²) in [4.78, 5) is 0. The zero-order chi connectivity index (χ0) is 19.4. The predicted octanol–water partition coefficient (Wildman–Crippen LogP) is 3.90. The highest BCUT2D eigenvalue weighted by molar-refractivity contribution is 6.50. The van der Waals surface area contributed by atoms with Crippen molar-refractivity contribution in [2.24, 2.45) is 11.3 Å². The molecule has 2 rings (SSSR count). The molecule has 0 N–H and O–H groups in total. The fourth-order valence-corrected chi connectivity index (χ4v) is 6.02. The first kappa shape index (κ1) is 22.5. The molecular formula is C19H28BF4I. The van der Waals surface area contributed by atoms with E-state index in [0.29, 0.717) is 5.41 Å². The van der Waals surface area contributed by atoms with Crippen molar-refractivity contribution in [3.63, 3.8) is 0 Å². The summed E-state index contributed by atoms with van der Waals surface area (Å²) in [5.41, 5.74) is 4.89. The van der Waals surface area contributed by atoms with Crippen molar-refractivity contribution in [1.82, 2.24) is 0 Å². The molecule has 0 saturated carbocycles. The summed E-state index contributed by atoms with van der Waals surface area (Å²) in [6.45, 7) is 13.9. The molecule has 1 aliphatic rings. The van der Waals surface area contributed by atoms with Gasteiger partial charge in [0.1, 0.15) is 0 Å². The fraction of sp³-hybridized carbons (Fsp3) is 0.579. The SMILES string of the molecule is Cc1cc(C)c([I+]C2=CCC(C(C)(C)C)CC2)c(C)c1.F[B-](F)(F)F. The quantitative estimate of drug-likeness (QED) is 0.350. The second-order valence-electron chi connectivity index (χ2n) is 7.79. The maximum Gasteiger partial charge on any atom is 0.673 e.